The van der Waals surface area contributed by atoms with Gasteiger partial charge in [-0.25, -0.2) is 4.98 Å². The molecule has 2 N–H and O–H groups in total. The highest BCUT2D eigenvalue weighted by Crippen LogP contribution is 2.15. The Kier molecular flexibility index (Phi) is 5.61. The minimum Gasteiger partial charge on any atom is -0.339 e. The Morgan fingerprint density at radius 1 is 1.28 bits per heavy atom. The van der Waals surface area contributed by atoms with E-state index in [1.54, 1.807) is 0 Å². The number of fused-ring (bicyclic) bond motifs is 1. The lowest BCUT2D eigenvalue weighted by Gasteiger charge is -2.36. The maximum absolute atomic E-state index is 12.5. The van der Waals surface area contributed by atoms with Crippen molar-refractivity contribution in [1.82, 2.24) is 19.2 Å². The van der Waals surface area contributed by atoms with E-state index in [4.69, 9.17) is 17.3 Å². The van der Waals surface area contributed by atoms with Gasteiger partial charge in [-0.1, -0.05) is 31.9 Å². The van der Waals surface area contributed by atoms with Gasteiger partial charge in [0.2, 0.25) is 5.91 Å². The van der Waals surface area contributed by atoms with Crippen molar-refractivity contribution in [3.63, 3.8) is 0 Å². The highest BCUT2D eigenvalue weighted by atomic mass is 35.5. The molecule has 1 aliphatic rings. The summed E-state index contributed by atoms with van der Waals surface area (Å²) in [7, 11) is 0. The fourth-order valence-electron chi connectivity index (χ4n) is 3.16. The molecule has 2 aromatic heterocycles. The number of amides is 1. The quantitative estimate of drug-likeness (QED) is 0.882. The monoisotopic (exact) mass is 363 g/mol. The third-order valence-corrected chi connectivity index (χ3v) is 5.30. The molecule has 0 aliphatic carbocycles. The van der Waals surface area contributed by atoms with Crippen LogP contribution in [0, 0.1) is 5.92 Å². The van der Waals surface area contributed by atoms with Crippen molar-refractivity contribution in [3.05, 3.63) is 35.2 Å². The summed E-state index contributed by atoms with van der Waals surface area (Å²) >= 11 is 6.02. The summed E-state index contributed by atoms with van der Waals surface area (Å²) in [6.45, 7) is 8.01. The number of pyridine rings is 1. The number of halogens is 1. The lowest BCUT2D eigenvalue weighted by molar-refractivity contribution is -0.135. The Morgan fingerprint density at radius 3 is 2.68 bits per heavy atom. The maximum atomic E-state index is 12.5. The van der Waals surface area contributed by atoms with Gasteiger partial charge in [0.05, 0.1) is 16.8 Å². The molecule has 2 unspecified atom stereocenters. The number of nitrogens with zero attached hydrogens (tertiary/aromatic N) is 4. The molecule has 3 rings (SSSR count). The normalized spacial score (nSPS) is 18.5. The van der Waals surface area contributed by atoms with Crippen LogP contribution in [0.3, 0.4) is 0 Å². The van der Waals surface area contributed by atoms with Gasteiger partial charge in [0.1, 0.15) is 5.65 Å². The van der Waals surface area contributed by atoms with Crippen LogP contribution in [0.25, 0.3) is 5.65 Å². The van der Waals surface area contributed by atoms with E-state index >= 15 is 0 Å². The molecular formula is C18H26ClN5O. The molecule has 1 aliphatic heterocycles. The van der Waals surface area contributed by atoms with Crippen LogP contribution in [-0.4, -0.2) is 57.3 Å². The number of rotatable bonds is 5. The van der Waals surface area contributed by atoms with Gasteiger partial charge < -0.3 is 15.0 Å². The van der Waals surface area contributed by atoms with E-state index in [-0.39, 0.29) is 17.9 Å². The molecule has 3 heterocycles. The minimum atomic E-state index is -0.389. The van der Waals surface area contributed by atoms with Gasteiger partial charge in [-0.05, 0) is 18.1 Å². The highest BCUT2D eigenvalue weighted by Gasteiger charge is 2.27. The largest absolute Gasteiger partial charge is 0.339 e. The third kappa shape index (κ3) is 4.14. The van der Waals surface area contributed by atoms with Gasteiger partial charge in [-0.15, -0.1) is 0 Å². The van der Waals surface area contributed by atoms with Crippen molar-refractivity contribution in [2.75, 3.05) is 26.2 Å². The molecule has 0 radical (unpaired) electrons. The summed E-state index contributed by atoms with van der Waals surface area (Å²) in [5.74, 6) is 0.298. The number of nitrogens with two attached hydrogens (primary N) is 1. The lowest BCUT2D eigenvalue weighted by atomic mass is 9.98. The fraction of sp³-hybridized carbons (Fsp3) is 0.556. The second-order valence-corrected chi connectivity index (χ2v) is 7.29. The number of hydrogen-bond donors (Lipinski definition) is 1. The summed E-state index contributed by atoms with van der Waals surface area (Å²) in [5, 5.41) is 0.696. The lowest BCUT2D eigenvalue weighted by Crippen LogP contribution is -2.54. The second kappa shape index (κ2) is 7.72. The van der Waals surface area contributed by atoms with E-state index in [0.29, 0.717) is 5.02 Å². The summed E-state index contributed by atoms with van der Waals surface area (Å²) in [4.78, 5) is 21.3. The first-order valence-corrected chi connectivity index (χ1v) is 9.25. The zero-order valence-electron chi connectivity index (χ0n) is 14.9. The van der Waals surface area contributed by atoms with Gasteiger partial charge in [0, 0.05) is 45.1 Å². The van der Waals surface area contributed by atoms with E-state index < -0.39 is 0 Å². The summed E-state index contributed by atoms with van der Waals surface area (Å²) in [5.41, 5.74) is 8.00. The van der Waals surface area contributed by atoms with Crippen molar-refractivity contribution in [2.24, 2.45) is 11.7 Å². The van der Waals surface area contributed by atoms with E-state index in [2.05, 4.69) is 16.8 Å². The Morgan fingerprint density at radius 2 is 2.00 bits per heavy atom. The molecule has 0 saturated carbocycles. The molecule has 2 atom stereocenters. The first-order valence-electron chi connectivity index (χ1n) is 8.87. The molecule has 1 amide bonds. The van der Waals surface area contributed by atoms with Crippen LogP contribution in [-0.2, 0) is 11.3 Å². The van der Waals surface area contributed by atoms with Crippen molar-refractivity contribution >= 4 is 23.2 Å². The molecular weight excluding hydrogens is 338 g/mol. The van der Waals surface area contributed by atoms with Crippen LogP contribution in [0.4, 0.5) is 0 Å². The first-order chi connectivity index (χ1) is 12.0. The van der Waals surface area contributed by atoms with Crippen LogP contribution in [0.15, 0.2) is 24.5 Å². The highest BCUT2D eigenvalue weighted by molar-refractivity contribution is 6.30. The predicted octanol–water partition coefficient (Wildman–Crippen LogP) is 2.01. The van der Waals surface area contributed by atoms with E-state index in [9.17, 15) is 4.79 Å². The number of hydrogen-bond acceptors (Lipinski definition) is 4. The van der Waals surface area contributed by atoms with Gasteiger partial charge in [-0.2, -0.15) is 0 Å². The second-order valence-electron chi connectivity index (χ2n) is 6.86. The Hall–Kier alpha value is -1.63. The van der Waals surface area contributed by atoms with Crippen LogP contribution in [0.2, 0.25) is 5.02 Å². The molecule has 0 aromatic carbocycles. The van der Waals surface area contributed by atoms with Crippen LogP contribution >= 0.6 is 11.6 Å². The van der Waals surface area contributed by atoms with E-state index in [1.807, 2.05) is 40.8 Å². The van der Waals surface area contributed by atoms with Crippen molar-refractivity contribution in [1.29, 1.82) is 0 Å². The van der Waals surface area contributed by atoms with Crippen molar-refractivity contribution in [2.45, 2.75) is 32.9 Å². The van der Waals surface area contributed by atoms with Gasteiger partial charge in [-0.3, -0.25) is 9.69 Å². The number of aromatic nitrogens is 2. The summed E-state index contributed by atoms with van der Waals surface area (Å²) in [6.07, 6.45) is 4.79. The van der Waals surface area contributed by atoms with Crippen LogP contribution in [0.1, 0.15) is 26.0 Å². The van der Waals surface area contributed by atoms with Crippen molar-refractivity contribution in [3.8, 4) is 0 Å². The zero-order valence-corrected chi connectivity index (χ0v) is 15.6. The standard InChI is InChI=1S/C18H26ClN5O/c1-3-13(2)17(20)18(25)23-8-6-22(7-9-23)11-15-12-24-10-14(19)4-5-16(24)21-15/h4-5,10,12-13,17H,3,6-9,11,20H2,1-2H3. The minimum absolute atomic E-state index is 0.0800. The zero-order chi connectivity index (χ0) is 18.0. The molecule has 0 spiro atoms. The molecule has 6 nitrogen and oxygen atoms in total. The number of carbonyl (C=O) groups excluding carboxylic acids is 1. The molecule has 136 valence electrons. The average molecular weight is 364 g/mol. The number of carbonyl (C=O) groups is 1. The number of piperazine rings is 1. The Bertz CT molecular complexity index is 738. The first kappa shape index (κ1) is 18.2. The molecule has 25 heavy (non-hydrogen) atoms. The molecule has 2 aromatic rings. The van der Waals surface area contributed by atoms with E-state index in [0.717, 1.165) is 50.5 Å². The van der Waals surface area contributed by atoms with E-state index in [1.165, 1.54) is 0 Å². The third-order valence-electron chi connectivity index (χ3n) is 5.08. The number of imidazole rings is 1. The van der Waals surface area contributed by atoms with Gasteiger partial charge in [0.15, 0.2) is 0 Å². The molecule has 0 bridgehead atoms. The Labute approximate surface area is 153 Å². The molecule has 1 saturated heterocycles. The predicted molar refractivity (Wildman–Crippen MR) is 99.5 cm³/mol. The van der Waals surface area contributed by atoms with Crippen LogP contribution < -0.4 is 5.73 Å². The Balaban J connectivity index is 1.56. The maximum Gasteiger partial charge on any atom is 0.239 e. The summed E-state index contributed by atoms with van der Waals surface area (Å²) in [6, 6.07) is 3.37. The van der Waals surface area contributed by atoms with Gasteiger partial charge in [0.25, 0.3) is 0 Å². The topological polar surface area (TPSA) is 66.9 Å². The van der Waals surface area contributed by atoms with Gasteiger partial charge >= 0.3 is 0 Å². The average Bonchev–Trinajstić information content (AvgIpc) is 3.01. The smallest absolute Gasteiger partial charge is 0.239 e. The van der Waals surface area contributed by atoms with Crippen LogP contribution in [0.5, 0.6) is 0 Å². The SMILES string of the molecule is CCC(C)C(N)C(=O)N1CCN(Cc2cn3cc(Cl)ccc3n2)CC1. The summed E-state index contributed by atoms with van der Waals surface area (Å²) < 4.78 is 1.95. The molecule has 7 heteroatoms. The van der Waals surface area contributed by atoms with Crippen molar-refractivity contribution < 1.29 is 4.79 Å². The molecule has 1 fully saturated rings. The fourth-order valence-corrected chi connectivity index (χ4v) is 3.33.